The Kier molecular flexibility index (Phi) is 7.77. The molecule has 0 heterocycles. The first-order valence-electron chi connectivity index (χ1n) is 9.36. The maximum Gasteiger partial charge on any atom is 0.337 e. The maximum atomic E-state index is 14.1. The van der Waals surface area contributed by atoms with Crippen LogP contribution in [-0.4, -0.2) is 55.6 Å². The highest BCUT2D eigenvalue weighted by atomic mass is 19.1. The van der Waals surface area contributed by atoms with Gasteiger partial charge < -0.3 is 24.6 Å². The Labute approximate surface area is 164 Å². The Morgan fingerprint density at radius 3 is 2.25 bits per heavy atom. The number of hydrogen-bond donors (Lipinski definition) is 2. The van der Waals surface area contributed by atoms with Crippen LogP contribution in [0.4, 0.5) is 10.1 Å². The standard InChI is InChI=1S/C20H28FNO6/c1-12-4-6-13(7-5-12)19(24)22(14(10-27-2)11-28-3)17-9-16(21)18(23)8-15(17)20(25)26/h8-9,12-14,23H,4-7,10-11H2,1-3H3,(H,25,26). The Morgan fingerprint density at radius 2 is 1.75 bits per heavy atom. The van der Waals surface area contributed by atoms with Gasteiger partial charge >= 0.3 is 5.97 Å². The quantitative estimate of drug-likeness (QED) is 0.700. The number of rotatable bonds is 8. The molecule has 1 aromatic rings. The summed E-state index contributed by atoms with van der Waals surface area (Å²) in [6.45, 7) is 2.31. The lowest BCUT2D eigenvalue weighted by Crippen LogP contribution is -2.49. The summed E-state index contributed by atoms with van der Waals surface area (Å²) in [6.07, 6.45) is 3.18. The summed E-state index contributed by atoms with van der Waals surface area (Å²) < 4.78 is 24.5. The number of hydrogen-bond acceptors (Lipinski definition) is 5. The number of aromatic hydroxyl groups is 1. The van der Waals surface area contributed by atoms with Gasteiger partial charge in [0.05, 0.1) is 30.5 Å². The van der Waals surface area contributed by atoms with E-state index in [-0.39, 0.29) is 36.3 Å². The molecule has 0 bridgehead atoms. The largest absolute Gasteiger partial charge is 0.505 e. The Morgan fingerprint density at radius 1 is 1.18 bits per heavy atom. The van der Waals surface area contributed by atoms with Crippen molar-refractivity contribution in [2.45, 2.75) is 38.6 Å². The number of amides is 1. The van der Waals surface area contributed by atoms with Crippen LogP contribution in [0.15, 0.2) is 12.1 Å². The van der Waals surface area contributed by atoms with Crippen molar-refractivity contribution in [3.63, 3.8) is 0 Å². The molecule has 8 heteroatoms. The number of aromatic carboxylic acids is 1. The molecule has 1 fully saturated rings. The van der Waals surface area contributed by atoms with Crippen molar-refractivity contribution in [1.29, 1.82) is 0 Å². The van der Waals surface area contributed by atoms with Crippen molar-refractivity contribution in [3.05, 3.63) is 23.5 Å². The van der Waals surface area contributed by atoms with Gasteiger partial charge in [0.1, 0.15) is 0 Å². The zero-order valence-corrected chi connectivity index (χ0v) is 16.5. The third-order valence-corrected chi connectivity index (χ3v) is 5.24. The molecular formula is C20H28FNO6. The van der Waals surface area contributed by atoms with Gasteiger partial charge in [-0.3, -0.25) is 4.79 Å². The van der Waals surface area contributed by atoms with Crippen LogP contribution < -0.4 is 4.90 Å². The fourth-order valence-corrected chi connectivity index (χ4v) is 3.70. The monoisotopic (exact) mass is 397 g/mol. The van der Waals surface area contributed by atoms with E-state index in [0.717, 1.165) is 25.0 Å². The van der Waals surface area contributed by atoms with Crippen molar-refractivity contribution in [1.82, 2.24) is 0 Å². The van der Waals surface area contributed by atoms with E-state index in [0.29, 0.717) is 18.8 Å². The van der Waals surface area contributed by atoms with Crippen molar-refractivity contribution in [3.8, 4) is 5.75 Å². The van der Waals surface area contributed by atoms with Crippen LogP contribution in [0.3, 0.4) is 0 Å². The van der Waals surface area contributed by atoms with Gasteiger partial charge in [0.25, 0.3) is 0 Å². The highest BCUT2D eigenvalue weighted by Crippen LogP contribution is 2.35. The predicted octanol–water partition coefficient (Wildman–Crippen LogP) is 3.05. The van der Waals surface area contributed by atoms with Gasteiger partial charge in [0.15, 0.2) is 11.6 Å². The average Bonchev–Trinajstić information content (AvgIpc) is 2.65. The highest BCUT2D eigenvalue weighted by molar-refractivity contribution is 6.03. The number of benzene rings is 1. The molecule has 0 aromatic heterocycles. The number of nitrogens with zero attached hydrogens (tertiary/aromatic N) is 1. The number of carboxylic acid groups (broad SMARTS) is 1. The Balaban J connectivity index is 2.53. The molecule has 0 atom stereocenters. The van der Waals surface area contributed by atoms with Gasteiger partial charge in [0.2, 0.25) is 5.91 Å². The summed E-state index contributed by atoms with van der Waals surface area (Å²) in [5, 5.41) is 19.2. The maximum absolute atomic E-state index is 14.1. The van der Waals surface area contributed by atoms with Crippen LogP contribution in [0.5, 0.6) is 5.75 Å². The molecule has 1 saturated carbocycles. The summed E-state index contributed by atoms with van der Waals surface area (Å²) in [6, 6.07) is 1.08. The molecule has 2 rings (SSSR count). The number of carbonyl (C=O) groups excluding carboxylic acids is 1. The summed E-state index contributed by atoms with van der Waals surface area (Å²) in [5.74, 6) is -3.18. The zero-order chi connectivity index (χ0) is 20.8. The number of phenolic OH excluding ortho intramolecular Hbond substituents is 1. The summed E-state index contributed by atoms with van der Waals surface area (Å²) in [4.78, 5) is 26.4. The highest BCUT2D eigenvalue weighted by Gasteiger charge is 2.35. The minimum atomic E-state index is -1.37. The molecular weight excluding hydrogens is 369 g/mol. The van der Waals surface area contributed by atoms with E-state index in [2.05, 4.69) is 6.92 Å². The summed E-state index contributed by atoms with van der Waals surface area (Å²) in [7, 11) is 2.92. The number of anilines is 1. The molecule has 0 saturated heterocycles. The summed E-state index contributed by atoms with van der Waals surface area (Å²) >= 11 is 0. The minimum Gasteiger partial charge on any atom is -0.505 e. The Hall–Kier alpha value is -2.19. The van der Waals surface area contributed by atoms with Crippen LogP contribution in [0, 0.1) is 17.7 Å². The molecule has 1 amide bonds. The first-order valence-corrected chi connectivity index (χ1v) is 9.36. The fraction of sp³-hybridized carbons (Fsp3) is 0.600. The number of halogens is 1. The molecule has 0 aliphatic heterocycles. The second kappa shape index (κ2) is 9.84. The van der Waals surface area contributed by atoms with Gasteiger partial charge in [-0.2, -0.15) is 0 Å². The lowest BCUT2D eigenvalue weighted by Gasteiger charge is -2.36. The lowest BCUT2D eigenvalue weighted by molar-refractivity contribution is -0.124. The molecule has 7 nitrogen and oxygen atoms in total. The predicted molar refractivity (Wildman–Crippen MR) is 101 cm³/mol. The average molecular weight is 397 g/mol. The molecule has 0 unspecified atom stereocenters. The second-order valence-corrected chi connectivity index (χ2v) is 7.36. The van der Waals surface area contributed by atoms with E-state index >= 15 is 0 Å². The topological polar surface area (TPSA) is 96.3 Å². The molecule has 156 valence electrons. The van der Waals surface area contributed by atoms with E-state index < -0.39 is 23.6 Å². The smallest absolute Gasteiger partial charge is 0.337 e. The van der Waals surface area contributed by atoms with Gasteiger partial charge in [-0.1, -0.05) is 6.92 Å². The third kappa shape index (κ3) is 4.99. The van der Waals surface area contributed by atoms with Crippen molar-refractivity contribution in [2.24, 2.45) is 11.8 Å². The van der Waals surface area contributed by atoms with Crippen molar-refractivity contribution < 1.29 is 33.7 Å². The number of ether oxygens (including phenoxy) is 2. The van der Waals surface area contributed by atoms with Crippen LogP contribution in [0.1, 0.15) is 43.0 Å². The van der Waals surface area contributed by atoms with E-state index in [1.165, 1.54) is 19.1 Å². The molecule has 1 aliphatic rings. The minimum absolute atomic E-state index is 0.0876. The first kappa shape index (κ1) is 22.1. The molecule has 2 N–H and O–H groups in total. The van der Waals surface area contributed by atoms with Crippen molar-refractivity contribution >= 4 is 17.6 Å². The fourth-order valence-electron chi connectivity index (χ4n) is 3.70. The van der Waals surface area contributed by atoms with E-state index in [1.807, 2.05) is 0 Å². The molecule has 1 aromatic carbocycles. The molecule has 0 radical (unpaired) electrons. The van der Waals surface area contributed by atoms with E-state index in [4.69, 9.17) is 9.47 Å². The molecule has 28 heavy (non-hydrogen) atoms. The third-order valence-electron chi connectivity index (χ3n) is 5.24. The van der Waals surface area contributed by atoms with Crippen LogP contribution in [0.25, 0.3) is 0 Å². The molecule has 1 aliphatic carbocycles. The van der Waals surface area contributed by atoms with Crippen LogP contribution >= 0.6 is 0 Å². The summed E-state index contributed by atoms with van der Waals surface area (Å²) in [5.41, 5.74) is -0.459. The normalized spacial score (nSPS) is 19.6. The van der Waals surface area contributed by atoms with Gasteiger partial charge in [-0.05, 0) is 37.7 Å². The molecule has 0 spiro atoms. The zero-order valence-electron chi connectivity index (χ0n) is 16.5. The number of carboxylic acids is 1. The number of phenols is 1. The van der Waals surface area contributed by atoms with Gasteiger partial charge in [0, 0.05) is 26.2 Å². The number of carbonyl (C=O) groups is 2. The van der Waals surface area contributed by atoms with Crippen molar-refractivity contribution in [2.75, 3.05) is 32.3 Å². The van der Waals surface area contributed by atoms with E-state index in [9.17, 15) is 24.2 Å². The van der Waals surface area contributed by atoms with Gasteiger partial charge in [-0.15, -0.1) is 0 Å². The van der Waals surface area contributed by atoms with Crippen LogP contribution in [-0.2, 0) is 14.3 Å². The van der Waals surface area contributed by atoms with Gasteiger partial charge in [-0.25, -0.2) is 9.18 Å². The lowest BCUT2D eigenvalue weighted by atomic mass is 9.82. The Bertz CT molecular complexity index is 696. The number of methoxy groups -OCH3 is 2. The SMILES string of the molecule is COCC(COC)N(C(=O)C1CCC(C)CC1)c1cc(F)c(O)cc1C(=O)O. The first-order chi connectivity index (χ1) is 13.3. The second-order valence-electron chi connectivity index (χ2n) is 7.36. The van der Waals surface area contributed by atoms with E-state index in [1.54, 1.807) is 0 Å². The van der Waals surface area contributed by atoms with Crippen LogP contribution in [0.2, 0.25) is 0 Å².